The standard InChI is InChI=1S/C16H23NO2/c1-3-19-15-11-14(16(15)9-4-10-16)17-12-5-7-13(18-2)8-6-12/h5-8,14-15,17H,3-4,9-11H2,1-2H3. The van der Waals surface area contributed by atoms with Gasteiger partial charge in [-0.25, -0.2) is 0 Å². The Hall–Kier alpha value is -1.22. The highest BCUT2D eigenvalue weighted by Crippen LogP contribution is 2.58. The van der Waals surface area contributed by atoms with Gasteiger partial charge in [-0.3, -0.25) is 0 Å². The first-order valence-corrected chi connectivity index (χ1v) is 7.30. The first-order chi connectivity index (χ1) is 9.28. The van der Waals surface area contributed by atoms with Gasteiger partial charge in [0, 0.05) is 23.8 Å². The Morgan fingerprint density at radius 2 is 2.00 bits per heavy atom. The minimum atomic E-state index is 0.413. The summed E-state index contributed by atoms with van der Waals surface area (Å²) >= 11 is 0. The van der Waals surface area contributed by atoms with E-state index in [1.165, 1.54) is 24.9 Å². The van der Waals surface area contributed by atoms with Crippen LogP contribution in [0.2, 0.25) is 0 Å². The van der Waals surface area contributed by atoms with Crippen molar-refractivity contribution in [1.82, 2.24) is 0 Å². The van der Waals surface area contributed by atoms with Crippen LogP contribution in [0.5, 0.6) is 5.75 Å². The Balaban J connectivity index is 1.64. The van der Waals surface area contributed by atoms with Crippen molar-refractivity contribution in [3.05, 3.63) is 24.3 Å². The molecule has 0 amide bonds. The van der Waals surface area contributed by atoms with Crippen LogP contribution in [-0.2, 0) is 4.74 Å². The van der Waals surface area contributed by atoms with Crippen molar-refractivity contribution in [3.63, 3.8) is 0 Å². The van der Waals surface area contributed by atoms with Crippen molar-refractivity contribution in [1.29, 1.82) is 0 Å². The zero-order chi connectivity index (χ0) is 13.3. The molecule has 1 N–H and O–H groups in total. The molecule has 2 aliphatic rings. The molecule has 2 aliphatic carbocycles. The molecule has 0 aromatic heterocycles. The SMILES string of the molecule is CCOC1CC(Nc2ccc(OC)cc2)C12CCC2. The fourth-order valence-corrected chi connectivity index (χ4v) is 3.53. The number of ether oxygens (including phenoxy) is 2. The van der Waals surface area contributed by atoms with E-state index in [9.17, 15) is 0 Å². The van der Waals surface area contributed by atoms with Crippen LogP contribution in [-0.4, -0.2) is 25.9 Å². The van der Waals surface area contributed by atoms with Crippen LogP contribution >= 0.6 is 0 Å². The van der Waals surface area contributed by atoms with Crippen LogP contribution in [0.4, 0.5) is 5.69 Å². The molecule has 19 heavy (non-hydrogen) atoms. The molecule has 2 fully saturated rings. The second kappa shape index (κ2) is 5.04. The molecular formula is C16H23NO2. The third-order valence-corrected chi connectivity index (χ3v) is 4.87. The highest BCUT2D eigenvalue weighted by molar-refractivity contribution is 5.48. The number of benzene rings is 1. The van der Waals surface area contributed by atoms with Gasteiger partial charge in [0.05, 0.1) is 13.2 Å². The maximum atomic E-state index is 5.88. The molecule has 2 saturated carbocycles. The van der Waals surface area contributed by atoms with Crippen LogP contribution in [0.1, 0.15) is 32.6 Å². The van der Waals surface area contributed by atoms with E-state index in [-0.39, 0.29) is 0 Å². The molecule has 2 unspecified atom stereocenters. The van der Waals surface area contributed by atoms with Gasteiger partial charge in [0.2, 0.25) is 0 Å². The third kappa shape index (κ3) is 2.10. The molecule has 1 spiro atoms. The highest BCUT2D eigenvalue weighted by Gasteiger charge is 2.58. The minimum absolute atomic E-state index is 0.413. The van der Waals surface area contributed by atoms with E-state index in [2.05, 4.69) is 24.4 Å². The molecule has 3 rings (SSSR count). The Bertz CT molecular complexity index is 425. The summed E-state index contributed by atoms with van der Waals surface area (Å²) in [6.45, 7) is 2.93. The maximum absolute atomic E-state index is 5.88. The van der Waals surface area contributed by atoms with Gasteiger partial charge < -0.3 is 14.8 Å². The van der Waals surface area contributed by atoms with Crippen molar-refractivity contribution >= 4 is 5.69 Å². The Morgan fingerprint density at radius 1 is 1.26 bits per heavy atom. The summed E-state index contributed by atoms with van der Waals surface area (Å²) in [7, 11) is 1.70. The normalized spacial score (nSPS) is 27.5. The number of methoxy groups -OCH3 is 1. The fraction of sp³-hybridized carbons (Fsp3) is 0.625. The zero-order valence-corrected chi connectivity index (χ0v) is 11.8. The first-order valence-electron chi connectivity index (χ1n) is 7.30. The van der Waals surface area contributed by atoms with Gasteiger partial charge in [0.15, 0.2) is 0 Å². The predicted octanol–water partition coefficient (Wildman–Crippen LogP) is 3.45. The Labute approximate surface area is 115 Å². The average molecular weight is 261 g/mol. The van der Waals surface area contributed by atoms with Crippen LogP contribution in [0.15, 0.2) is 24.3 Å². The lowest BCUT2D eigenvalue weighted by atomic mass is 9.51. The lowest BCUT2D eigenvalue weighted by molar-refractivity contribution is -0.157. The van der Waals surface area contributed by atoms with E-state index >= 15 is 0 Å². The van der Waals surface area contributed by atoms with Gasteiger partial charge in [-0.15, -0.1) is 0 Å². The number of hydrogen-bond donors (Lipinski definition) is 1. The van der Waals surface area contributed by atoms with Gasteiger partial charge in [-0.1, -0.05) is 6.42 Å². The summed E-state index contributed by atoms with van der Waals surface area (Å²) in [5, 5.41) is 3.68. The molecule has 1 aromatic rings. The van der Waals surface area contributed by atoms with E-state index < -0.39 is 0 Å². The molecule has 2 atom stereocenters. The summed E-state index contributed by atoms with van der Waals surface area (Å²) in [4.78, 5) is 0. The topological polar surface area (TPSA) is 30.5 Å². The van der Waals surface area contributed by atoms with Crippen LogP contribution in [0.3, 0.4) is 0 Å². The Kier molecular flexibility index (Phi) is 3.40. The molecule has 104 valence electrons. The number of hydrogen-bond acceptors (Lipinski definition) is 3. The fourth-order valence-electron chi connectivity index (χ4n) is 3.53. The Morgan fingerprint density at radius 3 is 2.53 bits per heavy atom. The van der Waals surface area contributed by atoms with Gasteiger partial charge >= 0.3 is 0 Å². The van der Waals surface area contributed by atoms with Gasteiger partial charge in [-0.05, 0) is 50.5 Å². The van der Waals surface area contributed by atoms with Crippen LogP contribution in [0.25, 0.3) is 0 Å². The van der Waals surface area contributed by atoms with E-state index in [0.29, 0.717) is 17.6 Å². The molecule has 0 radical (unpaired) electrons. The van der Waals surface area contributed by atoms with E-state index in [1.54, 1.807) is 7.11 Å². The number of nitrogens with one attached hydrogen (secondary N) is 1. The maximum Gasteiger partial charge on any atom is 0.119 e. The van der Waals surface area contributed by atoms with Gasteiger partial charge in [0.25, 0.3) is 0 Å². The second-order valence-electron chi connectivity index (χ2n) is 5.69. The van der Waals surface area contributed by atoms with Gasteiger partial charge in [-0.2, -0.15) is 0 Å². The molecule has 0 bridgehead atoms. The van der Waals surface area contributed by atoms with Crippen molar-refractivity contribution in [2.24, 2.45) is 5.41 Å². The second-order valence-corrected chi connectivity index (χ2v) is 5.69. The minimum Gasteiger partial charge on any atom is -0.497 e. The summed E-state index contributed by atoms with van der Waals surface area (Å²) in [5.41, 5.74) is 1.60. The van der Waals surface area contributed by atoms with Gasteiger partial charge in [0.1, 0.15) is 5.75 Å². The quantitative estimate of drug-likeness (QED) is 0.880. The molecule has 1 aromatic carbocycles. The van der Waals surface area contributed by atoms with Crippen molar-refractivity contribution in [3.8, 4) is 5.75 Å². The molecule has 3 heteroatoms. The smallest absolute Gasteiger partial charge is 0.119 e. The zero-order valence-electron chi connectivity index (χ0n) is 11.8. The third-order valence-electron chi connectivity index (χ3n) is 4.87. The monoisotopic (exact) mass is 261 g/mol. The molecular weight excluding hydrogens is 238 g/mol. The lowest BCUT2D eigenvalue weighted by Crippen LogP contribution is -2.64. The highest BCUT2D eigenvalue weighted by atomic mass is 16.5. The van der Waals surface area contributed by atoms with Crippen molar-refractivity contribution in [2.75, 3.05) is 19.0 Å². The number of anilines is 1. The molecule has 0 saturated heterocycles. The van der Waals surface area contributed by atoms with E-state index in [4.69, 9.17) is 9.47 Å². The summed E-state index contributed by atoms with van der Waals surface area (Å²) < 4.78 is 11.1. The van der Waals surface area contributed by atoms with Crippen molar-refractivity contribution in [2.45, 2.75) is 44.8 Å². The molecule has 3 nitrogen and oxygen atoms in total. The van der Waals surface area contributed by atoms with Crippen LogP contribution < -0.4 is 10.1 Å². The summed E-state index contributed by atoms with van der Waals surface area (Å²) in [5.74, 6) is 0.907. The average Bonchev–Trinajstić information content (AvgIpc) is 2.36. The summed E-state index contributed by atoms with van der Waals surface area (Å²) in [6.07, 6.45) is 5.59. The lowest BCUT2D eigenvalue weighted by Gasteiger charge is -2.61. The van der Waals surface area contributed by atoms with Crippen LogP contribution in [0, 0.1) is 5.41 Å². The van der Waals surface area contributed by atoms with E-state index in [0.717, 1.165) is 18.8 Å². The summed E-state index contributed by atoms with van der Waals surface area (Å²) in [6, 6.07) is 8.78. The predicted molar refractivity (Wildman–Crippen MR) is 76.7 cm³/mol. The number of rotatable bonds is 5. The van der Waals surface area contributed by atoms with E-state index in [1.807, 2.05) is 12.1 Å². The largest absolute Gasteiger partial charge is 0.497 e. The first kappa shape index (κ1) is 12.8. The van der Waals surface area contributed by atoms with Crippen molar-refractivity contribution < 1.29 is 9.47 Å². The molecule has 0 aliphatic heterocycles. The molecule has 0 heterocycles.